The molecule has 6 nitrogen and oxygen atoms in total. The number of hydrogen-bond donors (Lipinski definition) is 3. The Kier molecular flexibility index (Phi) is 5.13. The molecule has 0 saturated carbocycles. The van der Waals surface area contributed by atoms with Crippen molar-refractivity contribution in [1.82, 2.24) is 5.32 Å². The third-order valence-electron chi connectivity index (χ3n) is 6.60. The van der Waals surface area contributed by atoms with Crippen molar-refractivity contribution in [2.45, 2.75) is 62.3 Å². The lowest BCUT2D eigenvalue weighted by molar-refractivity contribution is 0.260. The minimum absolute atomic E-state index is 0.329. The lowest BCUT2D eigenvalue weighted by atomic mass is 9.99. The van der Waals surface area contributed by atoms with Crippen LogP contribution in [-0.4, -0.2) is 16.8 Å². The van der Waals surface area contributed by atoms with E-state index in [2.05, 4.69) is 21.1 Å². The number of benzene rings is 2. The number of nitrogens with one attached hydrogen (secondary N) is 2. The van der Waals surface area contributed by atoms with Crippen LogP contribution in [-0.2, 0) is 35.6 Å². The molecule has 0 spiro atoms. The van der Waals surface area contributed by atoms with Gasteiger partial charge in [-0.25, -0.2) is 14.1 Å². The number of amides is 2. The van der Waals surface area contributed by atoms with E-state index in [-0.39, 0.29) is 0 Å². The van der Waals surface area contributed by atoms with Crippen molar-refractivity contribution in [2.75, 3.05) is 11.9 Å². The summed E-state index contributed by atoms with van der Waals surface area (Å²) in [6.45, 7) is 1.02. The second-order valence-corrected chi connectivity index (χ2v) is 10.3. The van der Waals surface area contributed by atoms with E-state index in [0.29, 0.717) is 10.9 Å². The molecule has 2 aromatic carbocycles. The first-order chi connectivity index (χ1) is 14.5. The molecule has 158 valence electrons. The van der Waals surface area contributed by atoms with Gasteiger partial charge in [0.15, 0.2) is 0 Å². The summed E-state index contributed by atoms with van der Waals surface area (Å²) < 4.78 is 16.9. The molecule has 2 aromatic rings. The Morgan fingerprint density at radius 2 is 1.70 bits per heavy atom. The molecule has 2 amide bonds. The van der Waals surface area contributed by atoms with Crippen LogP contribution in [0.25, 0.3) is 0 Å². The van der Waals surface area contributed by atoms with Crippen LogP contribution >= 0.6 is 0 Å². The molecule has 1 heterocycles. The van der Waals surface area contributed by atoms with Gasteiger partial charge < -0.3 is 10.6 Å². The number of urea groups is 1. The molecule has 2 aliphatic carbocycles. The van der Waals surface area contributed by atoms with Gasteiger partial charge in [-0.15, -0.1) is 4.36 Å². The summed E-state index contributed by atoms with van der Waals surface area (Å²) in [5, 5.41) is 12.4. The van der Waals surface area contributed by atoms with Gasteiger partial charge in [0.2, 0.25) is 0 Å². The van der Waals surface area contributed by atoms with E-state index in [4.69, 9.17) is 5.14 Å². The molecule has 0 aromatic heterocycles. The largest absolute Gasteiger partial charge is 0.354 e. The third kappa shape index (κ3) is 3.66. The fourth-order valence-electron chi connectivity index (χ4n) is 5.14. The maximum absolute atomic E-state index is 13.0. The highest BCUT2D eigenvalue weighted by atomic mass is 32.2. The van der Waals surface area contributed by atoms with Gasteiger partial charge in [-0.3, -0.25) is 0 Å². The van der Waals surface area contributed by atoms with Crippen LogP contribution in [0.4, 0.5) is 10.5 Å². The Morgan fingerprint density at radius 1 is 1.03 bits per heavy atom. The summed E-state index contributed by atoms with van der Waals surface area (Å²) in [7, 11) is -3.31. The van der Waals surface area contributed by atoms with Gasteiger partial charge in [0.1, 0.15) is 9.92 Å². The standard InChI is InChI=1S/C23H28N4O2S/c24-30(29,18-11-9-15(10-12-18)21-8-3-13-25-21)27-23(28)26-22-19-6-1-4-16(19)14-17-5-2-7-20(17)22/h9-12,14,21,25H,1-8,13H2,(H3,24,26,27,28,29)/t21-,30?/m0/s1. The van der Waals surface area contributed by atoms with Crippen LogP contribution in [0.2, 0.25) is 0 Å². The summed E-state index contributed by atoms with van der Waals surface area (Å²) in [4.78, 5) is 13.1. The van der Waals surface area contributed by atoms with Crippen molar-refractivity contribution < 1.29 is 9.00 Å². The van der Waals surface area contributed by atoms with Gasteiger partial charge in [0, 0.05) is 11.7 Å². The van der Waals surface area contributed by atoms with E-state index in [0.717, 1.165) is 69.2 Å². The number of carbonyl (C=O) groups is 1. The Morgan fingerprint density at radius 3 is 2.30 bits per heavy atom. The average molecular weight is 425 g/mol. The van der Waals surface area contributed by atoms with Crippen molar-refractivity contribution in [3.63, 3.8) is 0 Å². The van der Waals surface area contributed by atoms with E-state index < -0.39 is 15.9 Å². The Bertz CT molecular complexity index is 1080. The number of hydrogen-bond acceptors (Lipinski definition) is 3. The SMILES string of the molecule is NS(=O)(=NC(=O)Nc1c2c(cc3c1CCC3)CCC2)c1ccc([C@@H]2CCCN2)cc1. The number of aryl methyl sites for hydroxylation is 2. The summed E-state index contributed by atoms with van der Waals surface area (Å²) in [5.41, 5.74) is 7.13. The van der Waals surface area contributed by atoms with Gasteiger partial charge in [-0.1, -0.05) is 18.2 Å². The predicted molar refractivity (Wildman–Crippen MR) is 119 cm³/mol. The second kappa shape index (κ2) is 7.80. The lowest BCUT2D eigenvalue weighted by Crippen LogP contribution is -2.19. The fraction of sp³-hybridized carbons (Fsp3) is 0.435. The first-order valence-electron chi connectivity index (χ1n) is 10.9. The highest BCUT2D eigenvalue weighted by Gasteiger charge is 2.25. The molecule has 0 radical (unpaired) electrons. The molecule has 5 rings (SSSR count). The summed E-state index contributed by atoms with van der Waals surface area (Å²) in [6, 6.07) is 9.32. The van der Waals surface area contributed by atoms with E-state index in [9.17, 15) is 9.00 Å². The number of carbonyl (C=O) groups excluding carboxylic acids is 1. The Labute approximate surface area is 178 Å². The maximum Gasteiger partial charge on any atom is 0.354 e. The molecule has 3 aliphatic rings. The van der Waals surface area contributed by atoms with Crippen LogP contribution in [0.15, 0.2) is 39.6 Å². The number of nitrogens with two attached hydrogens (primary N) is 1. The second-order valence-electron chi connectivity index (χ2n) is 8.54. The quantitative estimate of drug-likeness (QED) is 0.694. The average Bonchev–Trinajstić information content (AvgIpc) is 3.48. The maximum atomic E-state index is 13.0. The fourth-order valence-corrected chi connectivity index (χ4v) is 6.06. The molecule has 2 atom stereocenters. The minimum Gasteiger partial charge on any atom is -0.310 e. The highest BCUT2D eigenvalue weighted by molar-refractivity contribution is 7.91. The van der Waals surface area contributed by atoms with E-state index in [1.807, 2.05) is 12.1 Å². The van der Waals surface area contributed by atoms with Crippen LogP contribution in [0.5, 0.6) is 0 Å². The minimum atomic E-state index is -3.31. The zero-order valence-corrected chi connectivity index (χ0v) is 17.9. The normalized spacial score (nSPS) is 21.7. The van der Waals surface area contributed by atoms with Gasteiger partial charge in [-0.2, -0.15) is 0 Å². The molecule has 0 bridgehead atoms. The number of anilines is 1. The molecule has 1 saturated heterocycles. The zero-order valence-electron chi connectivity index (χ0n) is 17.1. The smallest absolute Gasteiger partial charge is 0.310 e. The summed E-state index contributed by atoms with van der Waals surface area (Å²) >= 11 is 0. The Hall–Kier alpha value is -2.22. The number of rotatable bonds is 3. The Balaban J connectivity index is 1.40. The van der Waals surface area contributed by atoms with Crippen LogP contribution in [0.1, 0.15) is 59.5 Å². The molecule has 1 unspecified atom stereocenters. The third-order valence-corrected chi connectivity index (χ3v) is 7.99. The zero-order chi connectivity index (χ0) is 20.7. The first-order valence-corrected chi connectivity index (χ1v) is 12.4. The van der Waals surface area contributed by atoms with E-state index >= 15 is 0 Å². The molecule has 1 fully saturated rings. The topological polar surface area (TPSA) is 96.6 Å². The van der Waals surface area contributed by atoms with Gasteiger partial charge in [-0.05, 0) is 97.9 Å². The monoisotopic (exact) mass is 424 g/mol. The number of fused-ring (bicyclic) bond motifs is 2. The van der Waals surface area contributed by atoms with Gasteiger partial charge in [0.25, 0.3) is 0 Å². The van der Waals surface area contributed by atoms with Gasteiger partial charge in [0.05, 0.1) is 4.90 Å². The van der Waals surface area contributed by atoms with Crippen molar-refractivity contribution in [3.05, 3.63) is 58.1 Å². The van der Waals surface area contributed by atoms with E-state index in [1.54, 1.807) is 12.1 Å². The van der Waals surface area contributed by atoms with E-state index in [1.165, 1.54) is 22.3 Å². The molecule has 4 N–H and O–H groups in total. The van der Waals surface area contributed by atoms with Crippen LogP contribution < -0.4 is 15.8 Å². The number of nitrogens with zero attached hydrogens (tertiary/aromatic N) is 1. The van der Waals surface area contributed by atoms with Crippen molar-refractivity contribution in [2.24, 2.45) is 9.50 Å². The van der Waals surface area contributed by atoms with Crippen LogP contribution in [0.3, 0.4) is 0 Å². The summed E-state index contributed by atoms with van der Waals surface area (Å²) in [6.07, 6.45) is 8.50. The lowest BCUT2D eigenvalue weighted by Gasteiger charge is -2.15. The van der Waals surface area contributed by atoms with Crippen LogP contribution in [0, 0.1) is 0 Å². The first kappa shape index (κ1) is 19.7. The van der Waals surface area contributed by atoms with Crippen molar-refractivity contribution in [1.29, 1.82) is 0 Å². The molecular formula is C23H28N4O2S. The molecule has 30 heavy (non-hydrogen) atoms. The summed E-state index contributed by atoms with van der Waals surface area (Å²) in [5.74, 6) is 0. The van der Waals surface area contributed by atoms with Crippen molar-refractivity contribution in [3.8, 4) is 0 Å². The molecule has 7 heteroatoms. The van der Waals surface area contributed by atoms with Crippen molar-refractivity contribution >= 4 is 21.6 Å². The molecule has 1 aliphatic heterocycles. The molecular weight excluding hydrogens is 396 g/mol. The predicted octanol–water partition coefficient (Wildman–Crippen LogP) is 4.02. The highest BCUT2D eigenvalue weighted by Crippen LogP contribution is 2.38. The van der Waals surface area contributed by atoms with Gasteiger partial charge >= 0.3 is 6.03 Å².